The standard InChI is InChI=1S/C12H18N2O2/c1-4-8(2)9(3)14-12(16)11-10(15)6-5-7-13-11/h5-9,15H,4H2,1-3H3,(H,14,16). The second-order valence-electron chi connectivity index (χ2n) is 4.02. The first-order valence-electron chi connectivity index (χ1n) is 5.51. The third kappa shape index (κ3) is 2.95. The largest absolute Gasteiger partial charge is 0.505 e. The molecule has 0 spiro atoms. The first kappa shape index (κ1) is 12.5. The van der Waals surface area contributed by atoms with E-state index in [1.54, 1.807) is 6.07 Å². The Kier molecular flexibility index (Phi) is 4.28. The van der Waals surface area contributed by atoms with Crippen molar-refractivity contribution in [3.8, 4) is 5.75 Å². The first-order valence-corrected chi connectivity index (χ1v) is 5.51. The Morgan fingerprint density at radius 1 is 1.56 bits per heavy atom. The predicted octanol–water partition coefficient (Wildman–Crippen LogP) is 1.95. The summed E-state index contributed by atoms with van der Waals surface area (Å²) in [4.78, 5) is 15.6. The molecule has 0 radical (unpaired) electrons. The quantitative estimate of drug-likeness (QED) is 0.818. The Morgan fingerprint density at radius 3 is 2.81 bits per heavy atom. The molecule has 0 aliphatic rings. The highest BCUT2D eigenvalue weighted by atomic mass is 16.3. The maximum absolute atomic E-state index is 11.8. The number of pyridine rings is 1. The second-order valence-corrected chi connectivity index (χ2v) is 4.02. The fourth-order valence-electron chi connectivity index (χ4n) is 1.34. The van der Waals surface area contributed by atoms with E-state index in [0.29, 0.717) is 5.92 Å². The molecule has 1 aromatic rings. The van der Waals surface area contributed by atoms with Gasteiger partial charge in [-0.05, 0) is 25.0 Å². The van der Waals surface area contributed by atoms with Gasteiger partial charge in [0.05, 0.1) is 0 Å². The highest BCUT2D eigenvalue weighted by Gasteiger charge is 2.17. The molecule has 88 valence electrons. The van der Waals surface area contributed by atoms with Gasteiger partial charge in [0.2, 0.25) is 0 Å². The third-order valence-corrected chi connectivity index (χ3v) is 2.86. The molecule has 1 heterocycles. The van der Waals surface area contributed by atoms with Crippen molar-refractivity contribution in [1.29, 1.82) is 0 Å². The van der Waals surface area contributed by atoms with Gasteiger partial charge in [-0.2, -0.15) is 0 Å². The van der Waals surface area contributed by atoms with Gasteiger partial charge in [0.15, 0.2) is 5.69 Å². The van der Waals surface area contributed by atoms with Crippen LogP contribution in [0.4, 0.5) is 0 Å². The van der Waals surface area contributed by atoms with E-state index in [1.807, 2.05) is 6.92 Å². The zero-order valence-corrected chi connectivity index (χ0v) is 9.90. The molecular weight excluding hydrogens is 204 g/mol. The summed E-state index contributed by atoms with van der Waals surface area (Å²) in [5.74, 6) is -0.0166. The molecule has 0 saturated carbocycles. The van der Waals surface area contributed by atoms with E-state index in [4.69, 9.17) is 0 Å². The lowest BCUT2D eigenvalue weighted by Crippen LogP contribution is -2.37. The highest BCUT2D eigenvalue weighted by molar-refractivity contribution is 5.94. The smallest absolute Gasteiger partial charge is 0.273 e. The lowest BCUT2D eigenvalue weighted by Gasteiger charge is -2.19. The van der Waals surface area contributed by atoms with E-state index in [0.717, 1.165) is 6.42 Å². The molecule has 4 heteroatoms. The summed E-state index contributed by atoms with van der Waals surface area (Å²) in [6.07, 6.45) is 2.48. The topological polar surface area (TPSA) is 62.2 Å². The van der Waals surface area contributed by atoms with Crippen molar-refractivity contribution in [1.82, 2.24) is 10.3 Å². The van der Waals surface area contributed by atoms with E-state index >= 15 is 0 Å². The number of nitrogens with zero attached hydrogens (tertiary/aromatic N) is 1. The third-order valence-electron chi connectivity index (χ3n) is 2.86. The molecule has 2 atom stereocenters. The normalized spacial score (nSPS) is 14.2. The number of rotatable bonds is 4. The van der Waals surface area contributed by atoms with E-state index in [9.17, 15) is 9.90 Å². The van der Waals surface area contributed by atoms with Crippen LogP contribution in [0.3, 0.4) is 0 Å². The number of nitrogens with one attached hydrogen (secondary N) is 1. The van der Waals surface area contributed by atoms with Gasteiger partial charge in [0.1, 0.15) is 5.75 Å². The molecule has 0 aliphatic carbocycles. The summed E-state index contributed by atoms with van der Waals surface area (Å²) in [7, 11) is 0. The summed E-state index contributed by atoms with van der Waals surface area (Å²) in [6, 6.07) is 3.11. The van der Waals surface area contributed by atoms with Gasteiger partial charge in [-0.25, -0.2) is 4.98 Å². The molecule has 0 bridgehead atoms. The van der Waals surface area contributed by atoms with Crippen molar-refractivity contribution in [2.24, 2.45) is 5.92 Å². The number of aromatic nitrogens is 1. The summed E-state index contributed by atoms with van der Waals surface area (Å²) in [6.45, 7) is 6.10. The Morgan fingerprint density at radius 2 is 2.25 bits per heavy atom. The van der Waals surface area contributed by atoms with Gasteiger partial charge >= 0.3 is 0 Å². The zero-order chi connectivity index (χ0) is 12.1. The van der Waals surface area contributed by atoms with Crippen LogP contribution in [0.5, 0.6) is 5.75 Å². The number of amides is 1. The number of carbonyl (C=O) groups excluding carboxylic acids is 1. The Labute approximate surface area is 95.7 Å². The predicted molar refractivity (Wildman–Crippen MR) is 62.3 cm³/mol. The van der Waals surface area contributed by atoms with Gasteiger partial charge in [0.25, 0.3) is 5.91 Å². The lowest BCUT2D eigenvalue weighted by molar-refractivity contribution is 0.0920. The van der Waals surface area contributed by atoms with Gasteiger partial charge in [-0.3, -0.25) is 4.79 Å². The molecule has 1 amide bonds. The molecule has 0 aromatic carbocycles. The van der Waals surface area contributed by atoms with Gasteiger partial charge < -0.3 is 10.4 Å². The van der Waals surface area contributed by atoms with Crippen molar-refractivity contribution in [3.63, 3.8) is 0 Å². The molecule has 16 heavy (non-hydrogen) atoms. The Bertz CT molecular complexity index is 366. The van der Waals surface area contributed by atoms with Crippen LogP contribution < -0.4 is 5.32 Å². The molecule has 0 saturated heterocycles. The van der Waals surface area contributed by atoms with E-state index in [1.165, 1.54) is 12.3 Å². The van der Waals surface area contributed by atoms with Crippen LogP contribution in [0.1, 0.15) is 37.7 Å². The van der Waals surface area contributed by atoms with Crippen LogP contribution >= 0.6 is 0 Å². The number of hydrogen-bond donors (Lipinski definition) is 2. The van der Waals surface area contributed by atoms with Crippen molar-refractivity contribution >= 4 is 5.91 Å². The van der Waals surface area contributed by atoms with Crippen LogP contribution in [0.2, 0.25) is 0 Å². The summed E-state index contributed by atoms with van der Waals surface area (Å²) in [5, 5.41) is 12.3. The molecular formula is C12H18N2O2. The molecule has 0 fully saturated rings. The minimum Gasteiger partial charge on any atom is -0.505 e. The Hall–Kier alpha value is -1.58. The Balaban J connectivity index is 2.70. The van der Waals surface area contributed by atoms with Crippen molar-refractivity contribution in [2.75, 3.05) is 0 Å². The highest BCUT2D eigenvalue weighted by Crippen LogP contribution is 2.13. The van der Waals surface area contributed by atoms with Crippen LogP contribution in [-0.4, -0.2) is 22.0 Å². The van der Waals surface area contributed by atoms with Crippen LogP contribution in [0, 0.1) is 5.92 Å². The minimum atomic E-state index is -0.328. The fraction of sp³-hybridized carbons (Fsp3) is 0.500. The van der Waals surface area contributed by atoms with Crippen molar-refractivity contribution in [3.05, 3.63) is 24.0 Å². The monoisotopic (exact) mass is 222 g/mol. The van der Waals surface area contributed by atoms with Crippen LogP contribution in [0.25, 0.3) is 0 Å². The molecule has 1 aromatic heterocycles. The number of carbonyl (C=O) groups is 1. The molecule has 0 aliphatic heterocycles. The average Bonchev–Trinajstić information content (AvgIpc) is 2.28. The van der Waals surface area contributed by atoms with Gasteiger partial charge in [0, 0.05) is 12.2 Å². The van der Waals surface area contributed by atoms with Crippen LogP contribution in [0.15, 0.2) is 18.3 Å². The fourth-order valence-corrected chi connectivity index (χ4v) is 1.34. The van der Waals surface area contributed by atoms with E-state index in [2.05, 4.69) is 24.1 Å². The summed E-state index contributed by atoms with van der Waals surface area (Å²) >= 11 is 0. The minimum absolute atomic E-state index is 0.0684. The summed E-state index contributed by atoms with van der Waals surface area (Å²) in [5.41, 5.74) is 0.0812. The lowest BCUT2D eigenvalue weighted by atomic mass is 10.0. The van der Waals surface area contributed by atoms with E-state index in [-0.39, 0.29) is 23.4 Å². The number of hydrogen-bond acceptors (Lipinski definition) is 3. The SMILES string of the molecule is CCC(C)C(C)NC(=O)c1ncccc1O. The molecule has 4 nitrogen and oxygen atoms in total. The molecule has 1 rings (SSSR count). The average molecular weight is 222 g/mol. The molecule has 2 unspecified atom stereocenters. The first-order chi connectivity index (χ1) is 7.56. The van der Waals surface area contributed by atoms with Crippen molar-refractivity contribution < 1.29 is 9.90 Å². The zero-order valence-electron chi connectivity index (χ0n) is 9.90. The maximum atomic E-state index is 11.8. The molecule has 2 N–H and O–H groups in total. The van der Waals surface area contributed by atoms with Gasteiger partial charge in [-0.15, -0.1) is 0 Å². The van der Waals surface area contributed by atoms with E-state index < -0.39 is 0 Å². The van der Waals surface area contributed by atoms with Crippen molar-refractivity contribution in [2.45, 2.75) is 33.2 Å². The van der Waals surface area contributed by atoms with Crippen LogP contribution in [-0.2, 0) is 0 Å². The summed E-state index contributed by atoms with van der Waals surface area (Å²) < 4.78 is 0. The number of aromatic hydroxyl groups is 1. The maximum Gasteiger partial charge on any atom is 0.273 e. The second kappa shape index (κ2) is 5.49. The van der Waals surface area contributed by atoms with Gasteiger partial charge in [-0.1, -0.05) is 20.3 Å².